The molecule has 0 radical (unpaired) electrons. The predicted octanol–water partition coefficient (Wildman–Crippen LogP) is 2.55. The summed E-state index contributed by atoms with van der Waals surface area (Å²) in [5.41, 5.74) is 2.17. The van der Waals surface area contributed by atoms with Crippen molar-refractivity contribution in [3.63, 3.8) is 0 Å². The van der Waals surface area contributed by atoms with E-state index in [2.05, 4.69) is 4.72 Å². The van der Waals surface area contributed by atoms with Crippen molar-refractivity contribution in [3.05, 3.63) is 22.8 Å². The zero-order valence-electron chi connectivity index (χ0n) is 16.5. The SMILES string of the molecule is COc1cc(C)c(S(=O)(=O)NC2CCCN(C(=O)C(C)C)C2)c(C)c1C. The third kappa shape index (κ3) is 4.20. The molecular formula is C19H30N2O4S. The van der Waals surface area contributed by atoms with Gasteiger partial charge in [0.25, 0.3) is 0 Å². The number of rotatable bonds is 5. The lowest BCUT2D eigenvalue weighted by molar-refractivity contribution is -0.135. The second-order valence-corrected chi connectivity index (χ2v) is 9.03. The van der Waals surface area contributed by atoms with Gasteiger partial charge in [-0.25, -0.2) is 13.1 Å². The number of hydrogen-bond acceptors (Lipinski definition) is 4. The van der Waals surface area contributed by atoms with Crippen LogP contribution in [0.15, 0.2) is 11.0 Å². The fraction of sp³-hybridized carbons (Fsp3) is 0.632. The summed E-state index contributed by atoms with van der Waals surface area (Å²) in [7, 11) is -2.10. The highest BCUT2D eigenvalue weighted by atomic mass is 32.2. The number of methoxy groups -OCH3 is 1. The number of likely N-dealkylation sites (tertiary alicyclic amines) is 1. The highest BCUT2D eigenvalue weighted by Crippen LogP contribution is 2.30. The molecule has 0 aliphatic carbocycles. The molecular weight excluding hydrogens is 352 g/mol. The number of benzene rings is 1. The van der Waals surface area contributed by atoms with Gasteiger partial charge in [0.2, 0.25) is 15.9 Å². The quantitative estimate of drug-likeness (QED) is 0.849. The Balaban J connectivity index is 2.27. The first-order valence-corrected chi connectivity index (χ1v) is 10.5. The van der Waals surface area contributed by atoms with Gasteiger partial charge in [-0.1, -0.05) is 13.8 Å². The molecule has 1 N–H and O–H groups in total. The Morgan fingerprint density at radius 1 is 1.27 bits per heavy atom. The minimum atomic E-state index is -3.68. The summed E-state index contributed by atoms with van der Waals surface area (Å²) in [6.45, 7) is 10.3. The molecule has 1 aliphatic rings. The van der Waals surface area contributed by atoms with E-state index in [0.29, 0.717) is 34.9 Å². The van der Waals surface area contributed by atoms with E-state index in [1.807, 2.05) is 20.8 Å². The molecule has 1 aliphatic heterocycles. The molecule has 6 nitrogen and oxygen atoms in total. The van der Waals surface area contributed by atoms with E-state index in [1.165, 1.54) is 0 Å². The molecule has 0 spiro atoms. The number of hydrogen-bond donors (Lipinski definition) is 1. The molecule has 1 unspecified atom stereocenters. The normalized spacial score (nSPS) is 18.3. The number of carbonyl (C=O) groups excluding carboxylic acids is 1. The third-order valence-electron chi connectivity index (χ3n) is 5.02. The predicted molar refractivity (Wildman–Crippen MR) is 102 cm³/mol. The van der Waals surface area contributed by atoms with Crippen LogP contribution in [0, 0.1) is 26.7 Å². The molecule has 1 atom stereocenters. The molecule has 1 fully saturated rings. The van der Waals surface area contributed by atoms with Crippen molar-refractivity contribution in [2.45, 2.75) is 58.4 Å². The highest BCUT2D eigenvalue weighted by Gasteiger charge is 2.30. The van der Waals surface area contributed by atoms with Crippen LogP contribution in [-0.4, -0.2) is 45.5 Å². The maximum atomic E-state index is 13.0. The van der Waals surface area contributed by atoms with E-state index in [9.17, 15) is 13.2 Å². The highest BCUT2D eigenvalue weighted by molar-refractivity contribution is 7.89. The molecule has 0 saturated carbocycles. The van der Waals surface area contributed by atoms with Crippen molar-refractivity contribution < 1.29 is 17.9 Å². The summed E-state index contributed by atoms with van der Waals surface area (Å²) in [6, 6.07) is 1.49. The topological polar surface area (TPSA) is 75.7 Å². The number of sulfonamides is 1. The van der Waals surface area contributed by atoms with E-state index in [4.69, 9.17) is 4.74 Å². The lowest BCUT2D eigenvalue weighted by Gasteiger charge is -2.34. The Labute approximate surface area is 157 Å². The monoisotopic (exact) mass is 382 g/mol. The second-order valence-electron chi connectivity index (χ2n) is 7.37. The molecule has 0 aromatic heterocycles. The summed E-state index contributed by atoms with van der Waals surface area (Å²) >= 11 is 0. The maximum Gasteiger partial charge on any atom is 0.241 e. The Morgan fingerprint density at radius 3 is 2.50 bits per heavy atom. The lowest BCUT2D eigenvalue weighted by atomic mass is 10.0. The van der Waals surface area contributed by atoms with Gasteiger partial charge in [0.15, 0.2) is 0 Å². The van der Waals surface area contributed by atoms with Crippen LogP contribution in [0.2, 0.25) is 0 Å². The Kier molecular flexibility index (Phi) is 6.34. The summed E-state index contributed by atoms with van der Waals surface area (Å²) in [5.74, 6) is 0.672. The van der Waals surface area contributed by atoms with Gasteiger partial charge in [0.1, 0.15) is 5.75 Å². The Morgan fingerprint density at radius 2 is 1.92 bits per heavy atom. The summed E-state index contributed by atoms with van der Waals surface area (Å²) in [4.78, 5) is 14.3. The van der Waals surface area contributed by atoms with Gasteiger partial charge in [-0.05, 0) is 56.4 Å². The zero-order valence-corrected chi connectivity index (χ0v) is 17.4. The molecule has 1 aromatic rings. The number of carbonyl (C=O) groups is 1. The van der Waals surface area contributed by atoms with Gasteiger partial charge in [-0.2, -0.15) is 0 Å². The number of nitrogens with zero attached hydrogens (tertiary/aromatic N) is 1. The molecule has 1 amide bonds. The van der Waals surface area contributed by atoms with Crippen molar-refractivity contribution >= 4 is 15.9 Å². The van der Waals surface area contributed by atoms with Gasteiger partial charge in [-0.3, -0.25) is 4.79 Å². The smallest absolute Gasteiger partial charge is 0.241 e. The Hall–Kier alpha value is -1.60. The van der Waals surface area contributed by atoms with Gasteiger partial charge in [-0.15, -0.1) is 0 Å². The number of piperidine rings is 1. The van der Waals surface area contributed by atoms with Gasteiger partial charge in [0.05, 0.1) is 12.0 Å². The van der Waals surface area contributed by atoms with Crippen LogP contribution in [0.1, 0.15) is 43.4 Å². The van der Waals surface area contributed by atoms with Crippen molar-refractivity contribution in [3.8, 4) is 5.75 Å². The minimum Gasteiger partial charge on any atom is -0.496 e. The van der Waals surface area contributed by atoms with Crippen LogP contribution >= 0.6 is 0 Å². The molecule has 2 rings (SSSR count). The molecule has 1 aromatic carbocycles. The van der Waals surface area contributed by atoms with E-state index in [1.54, 1.807) is 31.9 Å². The maximum absolute atomic E-state index is 13.0. The Bertz CT molecular complexity index is 787. The van der Waals surface area contributed by atoms with Crippen molar-refractivity contribution in [1.82, 2.24) is 9.62 Å². The van der Waals surface area contributed by atoms with Crippen LogP contribution < -0.4 is 9.46 Å². The first-order chi connectivity index (χ1) is 12.1. The van der Waals surface area contributed by atoms with E-state index in [-0.39, 0.29) is 17.9 Å². The molecule has 1 heterocycles. The first-order valence-electron chi connectivity index (χ1n) is 9.04. The van der Waals surface area contributed by atoms with Crippen LogP contribution in [-0.2, 0) is 14.8 Å². The largest absolute Gasteiger partial charge is 0.496 e. The minimum absolute atomic E-state index is 0.0709. The van der Waals surface area contributed by atoms with E-state index in [0.717, 1.165) is 18.4 Å². The fourth-order valence-corrected chi connectivity index (χ4v) is 5.35. The molecule has 26 heavy (non-hydrogen) atoms. The van der Waals surface area contributed by atoms with Crippen molar-refractivity contribution in [2.24, 2.45) is 5.92 Å². The van der Waals surface area contributed by atoms with Crippen LogP contribution in [0.25, 0.3) is 0 Å². The van der Waals surface area contributed by atoms with Crippen LogP contribution in [0.4, 0.5) is 0 Å². The molecule has 1 saturated heterocycles. The molecule has 7 heteroatoms. The molecule has 146 valence electrons. The zero-order chi connectivity index (χ0) is 19.6. The number of amides is 1. The second kappa shape index (κ2) is 7.96. The lowest BCUT2D eigenvalue weighted by Crippen LogP contribution is -2.50. The van der Waals surface area contributed by atoms with Crippen molar-refractivity contribution in [2.75, 3.05) is 20.2 Å². The average molecular weight is 383 g/mol. The summed E-state index contributed by atoms with van der Waals surface area (Å²) < 4.78 is 34.2. The van der Waals surface area contributed by atoms with Gasteiger partial charge >= 0.3 is 0 Å². The average Bonchev–Trinajstić information content (AvgIpc) is 2.56. The van der Waals surface area contributed by atoms with Crippen LogP contribution in [0.5, 0.6) is 5.75 Å². The van der Waals surface area contributed by atoms with E-state index >= 15 is 0 Å². The van der Waals surface area contributed by atoms with Crippen molar-refractivity contribution in [1.29, 1.82) is 0 Å². The number of aryl methyl sites for hydroxylation is 1. The van der Waals surface area contributed by atoms with Gasteiger partial charge < -0.3 is 9.64 Å². The number of nitrogens with one attached hydrogen (secondary N) is 1. The first kappa shape index (κ1) is 20.7. The van der Waals surface area contributed by atoms with Gasteiger partial charge in [0, 0.05) is 25.0 Å². The standard InChI is InChI=1S/C19H30N2O4S/c1-12(2)19(22)21-9-7-8-16(11-21)20-26(23,24)18-13(3)10-17(25-6)14(4)15(18)5/h10,12,16,20H,7-9,11H2,1-6H3. The molecule has 0 bridgehead atoms. The van der Waals surface area contributed by atoms with Crippen LogP contribution in [0.3, 0.4) is 0 Å². The summed E-state index contributed by atoms with van der Waals surface area (Å²) in [6.07, 6.45) is 1.53. The van der Waals surface area contributed by atoms with E-state index < -0.39 is 10.0 Å². The number of ether oxygens (including phenoxy) is 1. The summed E-state index contributed by atoms with van der Waals surface area (Å²) in [5, 5.41) is 0. The fourth-order valence-electron chi connectivity index (χ4n) is 3.56. The third-order valence-corrected chi connectivity index (χ3v) is 6.83.